The molecule has 0 unspecified atom stereocenters. The number of hydrogen-bond donors (Lipinski definition) is 0. The third-order valence-corrected chi connectivity index (χ3v) is 1.26. The van der Waals surface area contributed by atoms with E-state index in [0.29, 0.717) is 5.75 Å². The second-order valence-corrected chi connectivity index (χ2v) is 2.40. The molecule has 0 aliphatic rings. The summed E-state index contributed by atoms with van der Waals surface area (Å²) in [5.74, 6) is 3.72. The molecule has 0 aromatic heterocycles. The van der Waals surface area contributed by atoms with Crippen molar-refractivity contribution in [2.45, 2.75) is 0 Å². The number of hydrogen-bond acceptors (Lipinski definition) is 3. The Balaban J connectivity index is 0.000000561. The standard InChI is InChI=1S/C7H6O2S.ClH.Zn/c1-10(8)9-7-5-3-2-4-6-7;;/h3-6H,1H2;1H;/q-2;;+2/p-1. The summed E-state index contributed by atoms with van der Waals surface area (Å²) < 4.78 is 15.1. The van der Waals surface area contributed by atoms with Crippen LogP contribution in [0.3, 0.4) is 0 Å². The fourth-order valence-corrected chi connectivity index (χ4v) is 0.860. The first-order valence-electron chi connectivity index (χ1n) is 2.91. The van der Waals surface area contributed by atoms with Crippen molar-refractivity contribution in [1.29, 1.82) is 0 Å². The van der Waals surface area contributed by atoms with Gasteiger partial charge < -0.3 is 8.39 Å². The van der Waals surface area contributed by atoms with E-state index in [1.54, 1.807) is 24.3 Å². The molecule has 5 heteroatoms. The number of benzene rings is 1. The Kier molecular flexibility index (Phi) is 7.57. The van der Waals surface area contributed by atoms with Crippen molar-refractivity contribution >= 4 is 26.2 Å². The summed E-state index contributed by atoms with van der Waals surface area (Å²) in [5.41, 5.74) is 0. The number of rotatable bonds is 2. The predicted octanol–water partition coefficient (Wildman–Crippen LogP) is 1.86. The Morgan fingerprint density at radius 1 is 1.50 bits per heavy atom. The number of halogens is 1. The van der Waals surface area contributed by atoms with Crippen molar-refractivity contribution < 1.29 is 25.7 Å². The maximum atomic E-state index is 10.4. The molecular formula is C7H6ClO2SZn-. The van der Waals surface area contributed by atoms with Gasteiger partial charge in [-0.05, 0) is 5.75 Å². The molecule has 0 bridgehead atoms. The van der Waals surface area contributed by atoms with Crippen molar-refractivity contribution in [3.63, 3.8) is 0 Å². The van der Waals surface area contributed by atoms with Crippen molar-refractivity contribution in [1.82, 2.24) is 0 Å². The Hall–Kier alpha value is -0.0466. The van der Waals surface area contributed by atoms with Gasteiger partial charge in [0.15, 0.2) is 0 Å². The Morgan fingerprint density at radius 2 is 2.00 bits per heavy atom. The zero-order valence-electron chi connectivity index (χ0n) is 6.33. The molecule has 0 fully saturated rings. The first-order chi connectivity index (χ1) is 5.79. The van der Waals surface area contributed by atoms with E-state index in [4.69, 9.17) is 13.9 Å². The summed E-state index contributed by atoms with van der Waals surface area (Å²) in [6.45, 7) is 0. The van der Waals surface area contributed by atoms with Crippen molar-refractivity contribution in [2.75, 3.05) is 0 Å². The van der Waals surface area contributed by atoms with E-state index in [-0.39, 0.29) is 0 Å². The Bertz CT molecular complexity index is 266. The first-order valence-corrected chi connectivity index (χ1v) is 8.06. The van der Waals surface area contributed by atoms with Gasteiger partial charge in [-0.1, -0.05) is 0 Å². The van der Waals surface area contributed by atoms with Gasteiger partial charge in [-0.2, -0.15) is 24.1 Å². The molecule has 1 aromatic rings. The fourth-order valence-electron chi connectivity index (χ4n) is 0.534. The zero-order chi connectivity index (χ0) is 9.40. The Morgan fingerprint density at radius 3 is 2.42 bits per heavy atom. The van der Waals surface area contributed by atoms with E-state index < -0.39 is 10.7 Å². The zero-order valence-corrected chi connectivity index (χ0v) is 10.9. The molecule has 1 rings (SSSR count). The third kappa shape index (κ3) is 5.58. The molecule has 0 N–H and O–H groups in total. The van der Waals surface area contributed by atoms with E-state index in [9.17, 15) is 4.21 Å². The van der Waals surface area contributed by atoms with Crippen LogP contribution in [-0.2, 0) is 32.2 Å². The second-order valence-electron chi connectivity index (χ2n) is 1.62. The molecule has 0 radical (unpaired) electrons. The first kappa shape index (κ1) is 12.0. The van der Waals surface area contributed by atoms with E-state index in [2.05, 4.69) is 11.9 Å². The average Bonchev–Trinajstić information content (AvgIpc) is 2.08. The van der Waals surface area contributed by atoms with E-state index >= 15 is 0 Å². The minimum atomic E-state index is -1.48. The summed E-state index contributed by atoms with van der Waals surface area (Å²) in [4.78, 5) is 0. The van der Waals surface area contributed by atoms with Crippen LogP contribution in [0, 0.1) is 6.07 Å². The third-order valence-electron chi connectivity index (χ3n) is 0.877. The molecule has 0 aliphatic carbocycles. The minimum absolute atomic E-state index is 0.548. The summed E-state index contributed by atoms with van der Waals surface area (Å²) in [7, 11) is 3.28. The summed E-state index contributed by atoms with van der Waals surface area (Å²) >= 11 is 0.847. The molecule has 0 saturated heterocycles. The monoisotopic (exact) mass is 253 g/mol. The van der Waals surface area contributed by atoms with Gasteiger partial charge in [0.2, 0.25) is 0 Å². The van der Waals surface area contributed by atoms with Crippen LogP contribution < -0.4 is 4.18 Å². The molecule has 0 heterocycles. The van der Waals surface area contributed by atoms with Gasteiger partial charge in [-0.15, -0.1) is 22.8 Å². The van der Waals surface area contributed by atoms with E-state index in [1.807, 2.05) is 0 Å². The molecular weight excluding hydrogens is 249 g/mol. The van der Waals surface area contributed by atoms with Gasteiger partial charge in [0.05, 0.1) is 0 Å². The van der Waals surface area contributed by atoms with Gasteiger partial charge >= 0.3 is 27.0 Å². The van der Waals surface area contributed by atoms with Crippen LogP contribution in [-0.4, -0.2) is 5.87 Å². The molecule has 12 heavy (non-hydrogen) atoms. The van der Waals surface area contributed by atoms with Crippen LogP contribution in [0.2, 0.25) is 0 Å². The molecule has 0 amide bonds. The van der Waals surface area contributed by atoms with Crippen LogP contribution >= 0.6 is 9.69 Å². The van der Waals surface area contributed by atoms with Gasteiger partial charge in [0.25, 0.3) is 0 Å². The van der Waals surface area contributed by atoms with Crippen LogP contribution in [0.5, 0.6) is 5.75 Å². The molecule has 0 aliphatic heterocycles. The van der Waals surface area contributed by atoms with Crippen LogP contribution in [0.25, 0.3) is 0 Å². The molecule has 0 spiro atoms. The predicted molar refractivity (Wildman–Crippen MR) is 46.9 cm³/mol. The summed E-state index contributed by atoms with van der Waals surface area (Å²) in [5, 5.41) is 0. The summed E-state index contributed by atoms with van der Waals surface area (Å²) in [6.07, 6.45) is 0. The van der Waals surface area contributed by atoms with Gasteiger partial charge in [-0.25, -0.2) is 0 Å². The van der Waals surface area contributed by atoms with Gasteiger partial charge in [-0.3, -0.25) is 0 Å². The van der Waals surface area contributed by atoms with Crippen molar-refractivity contribution in [3.05, 3.63) is 30.3 Å². The van der Waals surface area contributed by atoms with Crippen LogP contribution in [0.15, 0.2) is 24.3 Å². The molecule has 2 nitrogen and oxygen atoms in total. The topological polar surface area (TPSA) is 26.3 Å². The molecule has 1 aromatic carbocycles. The van der Waals surface area contributed by atoms with Crippen LogP contribution in [0.4, 0.5) is 0 Å². The van der Waals surface area contributed by atoms with Crippen molar-refractivity contribution in [3.8, 4) is 5.75 Å². The van der Waals surface area contributed by atoms with Crippen molar-refractivity contribution in [2.24, 2.45) is 0 Å². The SMILES string of the molecule is C=[S-](=O)Oc1cc[c-]cc1.[Cl][Zn+]. The quantitative estimate of drug-likeness (QED) is 0.349. The van der Waals surface area contributed by atoms with Crippen LogP contribution in [0.1, 0.15) is 0 Å². The normalized spacial score (nSPS) is 8.67. The molecule has 62 valence electrons. The van der Waals surface area contributed by atoms with E-state index in [0.717, 1.165) is 17.3 Å². The van der Waals surface area contributed by atoms with Gasteiger partial charge in [0, 0.05) is 0 Å². The second kappa shape index (κ2) is 7.59. The molecule has 0 atom stereocenters. The maximum absolute atomic E-state index is 10.4. The summed E-state index contributed by atoms with van der Waals surface area (Å²) in [6, 6.07) is 9.51. The Labute approximate surface area is 87.9 Å². The molecule has 0 saturated carbocycles. The fraction of sp³-hybridized carbons (Fsp3) is 0. The van der Waals surface area contributed by atoms with E-state index in [1.165, 1.54) is 0 Å². The van der Waals surface area contributed by atoms with Gasteiger partial charge in [0.1, 0.15) is 0 Å². The average molecular weight is 255 g/mol.